The number of aromatic amines is 1. The van der Waals surface area contributed by atoms with Crippen LogP contribution in [0.25, 0.3) is 22.4 Å². The maximum atomic E-state index is 10.5. The molecule has 30 heavy (non-hydrogen) atoms. The maximum absolute atomic E-state index is 10.5. The molecular weight excluding hydrogens is 471 g/mol. The Morgan fingerprint density at radius 3 is 2.60 bits per heavy atom. The zero-order chi connectivity index (χ0) is 20.5. The summed E-state index contributed by atoms with van der Waals surface area (Å²) in [6.45, 7) is 0. The second kappa shape index (κ2) is 12.4. The van der Waals surface area contributed by atoms with Gasteiger partial charge in [0.1, 0.15) is 0 Å². The number of amides is 1. The molecule has 1 radical (unpaired) electrons. The molecule has 0 aliphatic rings. The van der Waals surface area contributed by atoms with E-state index >= 15 is 0 Å². The van der Waals surface area contributed by atoms with E-state index in [1.807, 2.05) is 48.5 Å². The molecule has 0 aliphatic carbocycles. The van der Waals surface area contributed by atoms with Crippen LogP contribution in [0.1, 0.15) is 5.69 Å². The first-order chi connectivity index (χ1) is 14.2. The molecule has 6 nitrogen and oxygen atoms in total. The minimum atomic E-state index is 0. The molecule has 2 aromatic heterocycles. The molecule has 0 saturated carbocycles. The van der Waals surface area contributed by atoms with Crippen LogP contribution in [-0.4, -0.2) is 22.1 Å². The van der Waals surface area contributed by atoms with Crippen molar-refractivity contribution in [2.45, 2.75) is 11.3 Å². The van der Waals surface area contributed by atoms with Gasteiger partial charge in [-0.1, -0.05) is 36.4 Å². The molecule has 4 rings (SSSR count). The normalized spacial score (nSPS) is 9.87. The molecule has 0 spiro atoms. The molecule has 151 valence electrons. The number of carbonyl (C=O) groups excluding carboxylic acids is 1. The molecule has 0 unspecified atom stereocenters. The van der Waals surface area contributed by atoms with Crippen LogP contribution in [0, 0.1) is 0 Å². The summed E-state index contributed by atoms with van der Waals surface area (Å²) in [6.07, 6.45) is 4.99. The van der Waals surface area contributed by atoms with E-state index in [1.54, 1.807) is 36.3 Å². The fraction of sp³-hybridized carbons (Fsp3) is 0.0909. The summed E-state index contributed by atoms with van der Waals surface area (Å²) in [7, 11) is 0. The van der Waals surface area contributed by atoms with Gasteiger partial charge in [-0.25, -0.2) is 0 Å². The minimum absolute atomic E-state index is 0. The summed E-state index contributed by atoms with van der Waals surface area (Å²) in [5.41, 5.74) is 18.7. The topological polar surface area (TPSA) is 105 Å². The molecule has 2 heterocycles. The number of H-pyrrole nitrogens is 1. The summed E-state index contributed by atoms with van der Waals surface area (Å²) in [4.78, 5) is 18.8. The van der Waals surface area contributed by atoms with Crippen LogP contribution in [0.5, 0.6) is 0 Å². The van der Waals surface area contributed by atoms with Gasteiger partial charge < -0.3 is 21.8 Å². The maximum Gasteiger partial charge on any atom is 0.211 e. The van der Waals surface area contributed by atoms with Gasteiger partial charge in [0.25, 0.3) is 0 Å². The molecule has 0 atom stereocenters. The summed E-state index contributed by atoms with van der Waals surface area (Å²) < 4.78 is 0. The van der Waals surface area contributed by atoms with Crippen LogP contribution in [0.3, 0.4) is 0 Å². The third-order valence-corrected chi connectivity index (χ3v) is 5.20. The van der Waals surface area contributed by atoms with Crippen molar-refractivity contribution in [1.29, 1.82) is 0 Å². The van der Waals surface area contributed by atoms with Gasteiger partial charge in [0.15, 0.2) is 0 Å². The van der Waals surface area contributed by atoms with Gasteiger partial charge >= 0.3 is 0 Å². The number of pyridine rings is 1. The van der Waals surface area contributed by atoms with Crippen molar-refractivity contribution in [1.82, 2.24) is 9.97 Å². The van der Waals surface area contributed by atoms with E-state index in [0.29, 0.717) is 23.5 Å². The second-order valence-corrected chi connectivity index (χ2v) is 7.28. The van der Waals surface area contributed by atoms with E-state index in [1.165, 1.54) is 0 Å². The number of thioether (sulfide) groups is 1. The van der Waals surface area contributed by atoms with Gasteiger partial charge in [-0.05, 0) is 42.3 Å². The predicted octanol–water partition coefficient (Wildman–Crippen LogP) is 6.52. The van der Waals surface area contributed by atoms with Gasteiger partial charge in [0, 0.05) is 60.8 Å². The number of benzene rings is 2. The molecule has 0 saturated heterocycles. The number of nitrogens with one attached hydrogen (secondary N) is 4. The van der Waals surface area contributed by atoms with E-state index in [-0.39, 0.29) is 32.7 Å². The van der Waals surface area contributed by atoms with Gasteiger partial charge in [-0.3, -0.25) is 9.78 Å². The second-order valence-electron chi connectivity index (χ2n) is 6.14. The smallest absolute Gasteiger partial charge is 0.211 e. The Labute approximate surface area is 205 Å². The summed E-state index contributed by atoms with van der Waals surface area (Å²) in [6, 6.07) is 18.9. The average molecular weight is 492 g/mol. The Morgan fingerprint density at radius 1 is 1.07 bits per heavy atom. The van der Waals surface area contributed by atoms with Gasteiger partial charge in [0.05, 0.1) is 5.69 Å². The van der Waals surface area contributed by atoms with Gasteiger partial charge in [-0.2, -0.15) is 0 Å². The Hall–Kier alpha value is -2.35. The first-order valence-electron chi connectivity index (χ1n) is 9.03. The van der Waals surface area contributed by atoms with Crippen molar-refractivity contribution in [2.24, 2.45) is 0 Å². The standard InChI is InChI=1S/C14H14N3OS.C8H7N2.Y/c15-11-4-5-14(13(9-11)17-10-18)19-8-6-12-3-1-2-7-16-12;9-7-5-10-8-4-2-1-3-6(7)8;/h1-5,7,9-10,15H,6,8H2,(H,17,18);1-5,9-10H;/q2*-1;. The molecule has 0 aliphatic heterocycles. The molecule has 4 aromatic rings. The van der Waals surface area contributed by atoms with E-state index in [9.17, 15) is 4.79 Å². The van der Waals surface area contributed by atoms with Crippen LogP contribution in [0.2, 0.25) is 0 Å². The minimum Gasteiger partial charge on any atom is -0.699 e. The molecule has 8 heteroatoms. The molecule has 2 aromatic carbocycles. The number of hydrogen-bond donors (Lipinski definition) is 2. The zero-order valence-corrected chi connectivity index (χ0v) is 19.9. The van der Waals surface area contributed by atoms with Crippen molar-refractivity contribution < 1.29 is 37.5 Å². The zero-order valence-electron chi connectivity index (χ0n) is 16.3. The van der Waals surface area contributed by atoms with Crippen LogP contribution in [0.15, 0.2) is 78.0 Å². The SMILES string of the molecule is [NH-]c1c[nH]c2ccccc12.[NH-]c1ccc(SCCc2ccccn2)c(NC=O)c1.[Y]. The van der Waals surface area contributed by atoms with Crippen LogP contribution >= 0.6 is 11.8 Å². The monoisotopic (exact) mass is 492 g/mol. The number of nitrogens with zero attached hydrogens (tertiary/aromatic N) is 1. The van der Waals surface area contributed by atoms with Gasteiger partial charge in [-0.15, -0.1) is 23.1 Å². The Balaban J connectivity index is 0.000000245. The molecule has 4 N–H and O–H groups in total. The number of aryl methyl sites for hydroxylation is 1. The van der Waals surface area contributed by atoms with Crippen LogP contribution in [-0.2, 0) is 43.9 Å². The third kappa shape index (κ3) is 6.87. The number of para-hydroxylation sites is 1. The van der Waals surface area contributed by atoms with Crippen LogP contribution < -0.4 is 5.32 Å². The van der Waals surface area contributed by atoms with Crippen molar-refractivity contribution in [2.75, 3.05) is 11.1 Å². The largest absolute Gasteiger partial charge is 0.699 e. The summed E-state index contributed by atoms with van der Waals surface area (Å²) in [5, 5.41) is 3.62. The third-order valence-electron chi connectivity index (χ3n) is 4.13. The average Bonchev–Trinajstić information content (AvgIpc) is 3.12. The number of anilines is 1. The molecule has 1 amide bonds. The van der Waals surface area contributed by atoms with E-state index in [4.69, 9.17) is 11.5 Å². The predicted molar refractivity (Wildman–Crippen MR) is 121 cm³/mol. The van der Waals surface area contributed by atoms with Crippen molar-refractivity contribution in [3.8, 4) is 0 Å². The number of fused-ring (bicyclic) bond motifs is 1. The van der Waals surface area contributed by atoms with E-state index in [0.717, 1.165) is 33.7 Å². The molecule has 0 bridgehead atoms. The Kier molecular flexibility index (Phi) is 9.87. The first-order valence-corrected chi connectivity index (χ1v) is 10.0. The Bertz CT molecular complexity index is 1070. The van der Waals surface area contributed by atoms with Crippen molar-refractivity contribution in [3.63, 3.8) is 0 Å². The molecular formula is C22H21N5OSY-2. The fourth-order valence-electron chi connectivity index (χ4n) is 2.72. The summed E-state index contributed by atoms with van der Waals surface area (Å²) >= 11 is 1.65. The van der Waals surface area contributed by atoms with Gasteiger partial charge in [0.2, 0.25) is 6.41 Å². The van der Waals surface area contributed by atoms with Crippen LogP contribution in [0.4, 0.5) is 17.1 Å². The van der Waals surface area contributed by atoms with Crippen molar-refractivity contribution in [3.05, 3.63) is 90.2 Å². The van der Waals surface area contributed by atoms with E-state index in [2.05, 4.69) is 15.3 Å². The number of carbonyl (C=O) groups is 1. The fourth-order valence-corrected chi connectivity index (χ4v) is 3.68. The van der Waals surface area contributed by atoms with Crippen molar-refractivity contribution >= 4 is 46.1 Å². The van der Waals surface area contributed by atoms with E-state index < -0.39 is 0 Å². The number of hydrogen-bond acceptors (Lipinski definition) is 3. The first kappa shape index (κ1) is 23.9. The summed E-state index contributed by atoms with van der Waals surface area (Å²) in [5.74, 6) is 0.877. The molecule has 0 fully saturated rings. The Morgan fingerprint density at radius 2 is 1.87 bits per heavy atom. The number of aromatic nitrogens is 2. The number of rotatable bonds is 6. The quantitative estimate of drug-likeness (QED) is 0.237.